The van der Waals surface area contributed by atoms with E-state index in [4.69, 9.17) is 10.2 Å². The summed E-state index contributed by atoms with van der Waals surface area (Å²) in [6.07, 6.45) is 1.53. The Bertz CT molecular complexity index is 1260. The van der Waals surface area contributed by atoms with Crippen molar-refractivity contribution >= 4 is 23.4 Å². The number of nitrogens with zero attached hydrogens (tertiary/aromatic N) is 2. The highest BCUT2D eigenvalue weighted by Crippen LogP contribution is 2.23. The zero-order valence-corrected chi connectivity index (χ0v) is 16.8. The van der Waals surface area contributed by atoms with E-state index in [9.17, 15) is 14.4 Å². The minimum atomic E-state index is -0.649. The Morgan fingerprint density at radius 1 is 0.938 bits per heavy atom. The molecule has 3 amide bonds. The van der Waals surface area contributed by atoms with Crippen molar-refractivity contribution in [1.29, 1.82) is 0 Å². The molecule has 160 valence electrons. The van der Waals surface area contributed by atoms with Gasteiger partial charge in [0.1, 0.15) is 11.4 Å². The van der Waals surface area contributed by atoms with Gasteiger partial charge in [-0.2, -0.15) is 5.10 Å². The van der Waals surface area contributed by atoms with E-state index in [1.165, 1.54) is 17.0 Å². The Morgan fingerprint density at radius 3 is 2.47 bits per heavy atom. The summed E-state index contributed by atoms with van der Waals surface area (Å²) in [7, 11) is 0. The molecule has 0 atom stereocenters. The smallest absolute Gasteiger partial charge is 0.274 e. The molecule has 9 nitrogen and oxygen atoms in total. The van der Waals surface area contributed by atoms with Gasteiger partial charge in [-0.15, -0.1) is 0 Å². The molecule has 32 heavy (non-hydrogen) atoms. The average Bonchev–Trinajstić information content (AvgIpc) is 3.48. The Morgan fingerprint density at radius 2 is 1.75 bits per heavy atom. The molecule has 2 aromatic heterocycles. The van der Waals surface area contributed by atoms with Crippen molar-refractivity contribution in [3.63, 3.8) is 0 Å². The van der Waals surface area contributed by atoms with E-state index in [-0.39, 0.29) is 17.8 Å². The van der Waals surface area contributed by atoms with Crippen LogP contribution in [0, 0.1) is 0 Å². The highest BCUT2D eigenvalue weighted by atomic mass is 16.3. The monoisotopic (exact) mass is 429 g/mol. The lowest BCUT2D eigenvalue weighted by atomic mass is 10.2. The van der Waals surface area contributed by atoms with Crippen molar-refractivity contribution in [1.82, 2.24) is 15.1 Å². The number of primary amides is 1. The van der Waals surface area contributed by atoms with Crippen LogP contribution in [0.4, 0.5) is 5.69 Å². The van der Waals surface area contributed by atoms with Crippen molar-refractivity contribution in [3.8, 4) is 17.1 Å². The first-order valence-electron chi connectivity index (χ1n) is 9.68. The van der Waals surface area contributed by atoms with Gasteiger partial charge in [-0.3, -0.25) is 14.4 Å². The van der Waals surface area contributed by atoms with Crippen molar-refractivity contribution in [2.45, 2.75) is 0 Å². The fraction of sp³-hybridized carbons (Fsp3) is 0.0435. The van der Waals surface area contributed by atoms with E-state index in [2.05, 4.69) is 15.7 Å². The van der Waals surface area contributed by atoms with E-state index < -0.39 is 17.7 Å². The molecule has 4 aromatic rings. The number of aromatic nitrogens is 2. The molecule has 0 bridgehead atoms. The largest absolute Gasteiger partial charge is 0.463 e. The van der Waals surface area contributed by atoms with Gasteiger partial charge in [-0.25, -0.2) is 4.68 Å². The number of amides is 3. The number of anilines is 1. The van der Waals surface area contributed by atoms with Crippen LogP contribution in [-0.4, -0.2) is 34.0 Å². The van der Waals surface area contributed by atoms with Crippen LogP contribution in [0.1, 0.15) is 20.8 Å². The molecule has 0 unspecified atom stereocenters. The van der Waals surface area contributed by atoms with Gasteiger partial charge < -0.3 is 20.8 Å². The molecular weight excluding hydrogens is 410 g/mol. The molecule has 4 rings (SSSR count). The number of benzene rings is 2. The van der Waals surface area contributed by atoms with Crippen LogP contribution in [0.2, 0.25) is 0 Å². The van der Waals surface area contributed by atoms with E-state index in [0.717, 1.165) is 0 Å². The summed E-state index contributed by atoms with van der Waals surface area (Å²) in [6.45, 7) is -0.277. The Kier molecular flexibility index (Phi) is 5.80. The Hall–Kier alpha value is -4.66. The third-order valence-electron chi connectivity index (χ3n) is 4.52. The molecule has 0 aliphatic carbocycles. The van der Waals surface area contributed by atoms with E-state index in [0.29, 0.717) is 22.8 Å². The number of hydrogen-bond donors (Lipinski definition) is 3. The predicted octanol–water partition coefficient (Wildman–Crippen LogP) is 2.60. The quantitative estimate of drug-likeness (QED) is 0.415. The molecule has 0 saturated carbocycles. The second kappa shape index (κ2) is 9.00. The third-order valence-corrected chi connectivity index (χ3v) is 4.52. The molecule has 0 fully saturated rings. The molecule has 0 aliphatic rings. The van der Waals surface area contributed by atoms with E-state index in [1.807, 2.05) is 30.3 Å². The van der Waals surface area contributed by atoms with Crippen LogP contribution >= 0.6 is 0 Å². The molecular formula is C23H19N5O4. The lowest BCUT2D eigenvalue weighted by Gasteiger charge is -2.09. The maximum atomic E-state index is 13.1. The maximum Gasteiger partial charge on any atom is 0.274 e. The van der Waals surface area contributed by atoms with Gasteiger partial charge in [0.25, 0.3) is 11.8 Å². The molecule has 0 radical (unpaired) electrons. The standard InChI is InChI=1S/C23H19N5O4/c24-21(29)14-25-22(30)15-6-4-7-16(12-15)26-23(31)19-13-18(20-10-5-11-32-20)27-28(19)17-8-2-1-3-9-17/h1-13H,14H2,(H2,24,29)(H,25,30)(H,26,31). The van der Waals surface area contributed by atoms with Gasteiger partial charge in [-0.05, 0) is 42.5 Å². The van der Waals surface area contributed by atoms with Gasteiger partial charge in [0.2, 0.25) is 5.91 Å². The van der Waals surface area contributed by atoms with E-state index in [1.54, 1.807) is 36.4 Å². The first kappa shape index (κ1) is 20.6. The van der Waals surface area contributed by atoms with Crippen LogP contribution in [-0.2, 0) is 4.79 Å². The maximum absolute atomic E-state index is 13.1. The first-order chi connectivity index (χ1) is 15.5. The number of carbonyl (C=O) groups is 3. The topological polar surface area (TPSA) is 132 Å². The second-order valence-corrected chi connectivity index (χ2v) is 6.82. The number of rotatable bonds is 7. The van der Waals surface area contributed by atoms with Crippen LogP contribution < -0.4 is 16.4 Å². The Labute approximate surface area is 182 Å². The average molecular weight is 429 g/mol. The van der Waals surface area contributed by atoms with Crippen LogP contribution in [0.25, 0.3) is 17.1 Å². The van der Waals surface area contributed by atoms with Gasteiger partial charge in [-0.1, -0.05) is 24.3 Å². The summed E-state index contributed by atoms with van der Waals surface area (Å²) in [5.41, 5.74) is 7.22. The highest BCUT2D eigenvalue weighted by molar-refractivity contribution is 6.05. The molecule has 4 N–H and O–H groups in total. The number of nitrogens with one attached hydrogen (secondary N) is 2. The number of para-hydroxylation sites is 1. The number of furan rings is 1. The number of carbonyl (C=O) groups excluding carboxylic acids is 3. The van der Waals surface area contributed by atoms with Crippen molar-refractivity contribution in [3.05, 3.63) is 90.3 Å². The molecule has 0 spiro atoms. The number of hydrogen-bond acceptors (Lipinski definition) is 5. The fourth-order valence-electron chi connectivity index (χ4n) is 3.06. The van der Waals surface area contributed by atoms with Crippen molar-refractivity contribution in [2.75, 3.05) is 11.9 Å². The van der Waals surface area contributed by atoms with Crippen molar-refractivity contribution < 1.29 is 18.8 Å². The summed E-state index contributed by atoms with van der Waals surface area (Å²) in [5.74, 6) is -1.02. The molecule has 0 aliphatic heterocycles. The summed E-state index contributed by atoms with van der Waals surface area (Å²) >= 11 is 0. The SMILES string of the molecule is NC(=O)CNC(=O)c1cccc(NC(=O)c2cc(-c3ccco3)nn2-c2ccccc2)c1. The molecule has 9 heteroatoms. The minimum Gasteiger partial charge on any atom is -0.463 e. The lowest BCUT2D eigenvalue weighted by molar-refractivity contribution is -0.117. The summed E-state index contributed by atoms with van der Waals surface area (Å²) in [4.78, 5) is 36.2. The zero-order chi connectivity index (χ0) is 22.5. The van der Waals surface area contributed by atoms with Gasteiger partial charge >= 0.3 is 0 Å². The summed E-state index contributed by atoms with van der Waals surface area (Å²) in [6, 6.07) is 20.7. The zero-order valence-electron chi connectivity index (χ0n) is 16.8. The van der Waals surface area contributed by atoms with Gasteiger partial charge in [0.05, 0.1) is 18.5 Å². The molecule has 0 saturated heterocycles. The minimum absolute atomic E-state index is 0.275. The van der Waals surface area contributed by atoms with Crippen LogP contribution in [0.3, 0.4) is 0 Å². The normalized spacial score (nSPS) is 10.5. The van der Waals surface area contributed by atoms with Crippen molar-refractivity contribution in [2.24, 2.45) is 5.73 Å². The van der Waals surface area contributed by atoms with Crippen LogP contribution in [0.15, 0.2) is 83.5 Å². The summed E-state index contributed by atoms with van der Waals surface area (Å²) in [5, 5.41) is 9.72. The van der Waals surface area contributed by atoms with Gasteiger partial charge in [0.15, 0.2) is 5.76 Å². The lowest BCUT2D eigenvalue weighted by Crippen LogP contribution is -2.33. The first-order valence-corrected chi connectivity index (χ1v) is 9.68. The van der Waals surface area contributed by atoms with Gasteiger partial charge in [0, 0.05) is 17.3 Å². The van der Waals surface area contributed by atoms with E-state index >= 15 is 0 Å². The molecule has 2 heterocycles. The number of nitrogens with two attached hydrogens (primary N) is 1. The second-order valence-electron chi connectivity index (χ2n) is 6.82. The highest BCUT2D eigenvalue weighted by Gasteiger charge is 2.19. The summed E-state index contributed by atoms with van der Waals surface area (Å²) < 4.78 is 6.94. The Balaban J connectivity index is 1.62. The molecule has 2 aromatic carbocycles. The predicted molar refractivity (Wildman–Crippen MR) is 117 cm³/mol. The fourth-order valence-corrected chi connectivity index (χ4v) is 3.06. The van der Waals surface area contributed by atoms with Crippen LogP contribution in [0.5, 0.6) is 0 Å². The third kappa shape index (κ3) is 4.57.